The molecular formula is C31H44O3. The predicted octanol–water partition coefficient (Wildman–Crippen LogP) is 8.48. The van der Waals surface area contributed by atoms with Gasteiger partial charge < -0.3 is 14.2 Å². The van der Waals surface area contributed by atoms with Crippen molar-refractivity contribution in [2.75, 3.05) is 19.8 Å². The van der Waals surface area contributed by atoms with E-state index in [2.05, 4.69) is 44.2 Å². The molecule has 1 saturated carbocycles. The average molecular weight is 465 g/mol. The van der Waals surface area contributed by atoms with Gasteiger partial charge in [-0.15, -0.1) is 0 Å². The summed E-state index contributed by atoms with van der Waals surface area (Å²) in [6.07, 6.45) is 13.7. The van der Waals surface area contributed by atoms with E-state index in [4.69, 9.17) is 14.2 Å². The number of hydrogen-bond acceptors (Lipinski definition) is 3. The van der Waals surface area contributed by atoms with Gasteiger partial charge in [0.2, 0.25) is 0 Å². The highest BCUT2D eigenvalue weighted by molar-refractivity contribution is 5.38. The first-order valence-electron chi connectivity index (χ1n) is 13.9. The molecule has 1 saturated heterocycles. The van der Waals surface area contributed by atoms with Crippen LogP contribution in [0.4, 0.5) is 0 Å². The SMILES string of the molecule is CCCCCOc1ccc(C2OCC(c3ccc(CCCC)cc3C3CCCCC3)CO2)cc1. The van der Waals surface area contributed by atoms with Gasteiger partial charge >= 0.3 is 0 Å². The van der Waals surface area contributed by atoms with Crippen molar-refractivity contribution in [3.8, 4) is 5.75 Å². The largest absolute Gasteiger partial charge is 0.494 e. The van der Waals surface area contributed by atoms with Crippen LogP contribution in [0.25, 0.3) is 0 Å². The van der Waals surface area contributed by atoms with Crippen LogP contribution in [0.3, 0.4) is 0 Å². The maximum Gasteiger partial charge on any atom is 0.183 e. The molecule has 0 radical (unpaired) electrons. The number of ether oxygens (including phenoxy) is 3. The van der Waals surface area contributed by atoms with Crippen molar-refractivity contribution in [1.29, 1.82) is 0 Å². The fraction of sp³-hybridized carbons (Fsp3) is 0.613. The Morgan fingerprint density at radius 2 is 1.50 bits per heavy atom. The van der Waals surface area contributed by atoms with Gasteiger partial charge in [0.25, 0.3) is 0 Å². The first-order chi connectivity index (χ1) is 16.8. The molecule has 1 heterocycles. The van der Waals surface area contributed by atoms with Crippen molar-refractivity contribution < 1.29 is 14.2 Å². The molecule has 0 unspecified atom stereocenters. The quantitative estimate of drug-likeness (QED) is 0.312. The van der Waals surface area contributed by atoms with Crippen LogP contribution in [0, 0.1) is 0 Å². The van der Waals surface area contributed by atoms with Gasteiger partial charge in [-0.1, -0.05) is 82.7 Å². The van der Waals surface area contributed by atoms with Crippen LogP contribution < -0.4 is 4.74 Å². The highest BCUT2D eigenvalue weighted by atomic mass is 16.7. The van der Waals surface area contributed by atoms with Crippen molar-refractivity contribution >= 4 is 0 Å². The zero-order valence-electron chi connectivity index (χ0n) is 21.4. The van der Waals surface area contributed by atoms with Crippen LogP contribution >= 0.6 is 0 Å². The third-order valence-electron chi connectivity index (χ3n) is 7.52. The summed E-state index contributed by atoms with van der Waals surface area (Å²) in [6, 6.07) is 15.5. The third-order valence-corrected chi connectivity index (χ3v) is 7.52. The highest BCUT2D eigenvalue weighted by Crippen LogP contribution is 2.39. The second-order valence-corrected chi connectivity index (χ2v) is 10.2. The summed E-state index contributed by atoms with van der Waals surface area (Å²) < 4.78 is 18.4. The van der Waals surface area contributed by atoms with Crippen molar-refractivity contribution in [2.45, 2.75) is 103 Å². The van der Waals surface area contributed by atoms with E-state index in [0.717, 1.165) is 24.3 Å². The summed E-state index contributed by atoms with van der Waals surface area (Å²) in [5, 5.41) is 0. The Labute approximate surface area is 207 Å². The van der Waals surface area contributed by atoms with E-state index in [1.807, 2.05) is 12.1 Å². The van der Waals surface area contributed by atoms with Crippen LogP contribution in [0.5, 0.6) is 5.75 Å². The Balaban J connectivity index is 1.38. The lowest BCUT2D eigenvalue weighted by Crippen LogP contribution is -2.27. The summed E-state index contributed by atoms with van der Waals surface area (Å²) in [4.78, 5) is 0. The zero-order valence-corrected chi connectivity index (χ0v) is 21.4. The van der Waals surface area contributed by atoms with Gasteiger partial charge in [0, 0.05) is 11.5 Å². The number of unbranched alkanes of at least 4 members (excludes halogenated alkanes) is 3. The second-order valence-electron chi connectivity index (χ2n) is 10.2. The normalized spacial score (nSPS) is 21.5. The molecule has 1 aliphatic heterocycles. The first kappa shape index (κ1) is 25.3. The molecule has 0 amide bonds. The van der Waals surface area contributed by atoms with E-state index < -0.39 is 0 Å². The summed E-state index contributed by atoms with van der Waals surface area (Å²) in [7, 11) is 0. The molecule has 0 bridgehead atoms. The molecule has 1 aliphatic carbocycles. The fourth-order valence-corrected chi connectivity index (χ4v) is 5.44. The van der Waals surface area contributed by atoms with Crippen LogP contribution in [-0.2, 0) is 15.9 Å². The van der Waals surface area contributed by atoms with Crippen molar-refractivity contribution in [1.82, 2.24) is 0 Å². The molecule has 4 rings (SSSR count). The Morgan fingerprint density at radius 1 is 0.765 bits per heavy atom. The van der Waals surface area contributed by atoms with E-state index >= 15 is 0 Å². The van der Waals surface area contributed by atoms with Crippen LogP contribution in [0.2, 0.25) is 0 Å². The second kappa shape index (κ2) is 13.3. The van der Waals surface area contributed by atoms with Gasteiger partial charge in [-0.3, -0.25) is 0 Å². The average Bonchev–Trinajstić information content (AvgIpc) is 2.91. The number of aryl methyl sites for hydroxylation is 1. The van der Waals surface area contributed by atoms with Gasteiger partial charge in [-0.2, -0.15) is 0 Å². The van der Waals surface area contributed by atoms with Crippen LogP contribution in [0.15, 0.2) is 42.5 Å². The summed E-state index contributed by atoms with van der Waals surface area (Å²) in [5.41, 5.74) is 5.61. The minimum Gasteiger partial charge on any atom is -0.494 e. The Morgan fingerprint density at radius 3 is 2.21 bits per heavy atom. The van der Waals surface area contributed by atoms with Gasteiger partial charge in [0.15, 0.2) is 6.29 Å². The maximum atomic E-state index is 6.26. The highest BCUT2D eigenvalue weighted by Gasteiger charge is 2.28. The predicted molar refractivity (Wildman–Crippen MR) is 140 cm³/mol. The van der Waals surface area contributed by atoms with E-state index in [1.165, 1.54) is 75.3 Å². The zero-order chi connectivity index (χ0) is 23.6. The van der Waals surface area contributed by atoms with Crippen molar-refractivity contribution in [2.24, 2.45) is 0 Å². The number of benzene rings is 2. The summed E-state index contributed by atoms with van der Waals surface area (Å²) >= 11 is 0. The Hall–Kier alpha value is -1.84. The Bertz CT molecular complexity index is 845. The van der Waals surface area contributed by atoms with E-state index in [-0.39, 0.29) is 6.29 Å². The van der Waals surface area contributed by atoms with Crippen LogP contribution in [-0.4, -0.2) is 19.8 Å². The third kappa shape index (κ3) is 6.86. The topological polar surface area (TPSA) is 27.7 Å². The lowest BCUT2D eigenvalue weighted by atomic mass is 9.78. The molecule has 3 nitrogen and oxygen atoms in total. The van der Waals surface area contributed by atoms with Gasteiger partial charge in [0.05, 0.1) is 19.8 Å². The van der Waals surface area contributed by atoms with Crippen molar-refractivity contribution in [3.05, 3.63) is 64.7 Å². The lowest BCUT2D eigenvalue weighted by molar-refractivity contribution is -0.191. The minimum absolute atomic E-state index is 0.285. The van der Waals surface area contributed by atoms with Crippen LogP contribution in [0.1, 0.15) is 118 Å². The molecule has 2 aromatic rings. The van der Waals surface area contributed by atoms with Gasteiger partial charge in [0.1, 0.15) is 5.75 Å². The molecule has 0 atom stereocenters. The van der Waals surface area contributed by atoms with E-state index in [9.17, 15) is 0 Å². The smallest absolute Gasteiger partial charge is 0.183 e. The maximum absolute atomic E-state index is 6.26. The number of hydrogen-bond donors (Lipinski definition) is 0. The lowest BCUT2D eigenvalue weighted by Gasteiger charge is -2.33. The molecule has 0 spiro atoms. The molecule has 0 aromatic heterocycles. The molecule has 2 aromatic carbocycles. The first-order valence-corrected chi connectivity index (χ1v) is 13.9. The molecule has 186 valence electrons. The molecule has 34 heavy (non-hydrogen) atoms. The molecule has 2 aliphatic rings. The van der Waals surface area contributed by atoms with E-state index in [0.29, 0.717) is 25.0 Å². The summed E-state index contributed by atoms with van der Waals surface area (Å²) in [5.74, 6) is 1.94. The standard InChI is InChI=1S/C31H44O3/c1-3-5-10-20-32-28-17-15-26(16-18-28)31-33-22-27(23-34-31)29-19-14-24(11-6-4-2)21-30(29)25-12-8-7-9-13-25/h14-19,21,25,27,31H,3-13,20,22-23H2,1-2H3. The Kier molecular flexibility index (Phi) is 9.88. The van der Waals surface area contributed by atoms with Gasteiger partial charge in [-0.05, 0) is 66.8 Å². The minimum atomic E-state index is -0.285. The molecule has 0 N–H and O–H groups in total. The molecular weight excluding hydrogens is 420 g/mol. The van der Waals surface area contributed by atoms with Gasteiger partial charge in [-0.25, -0.2) is 0 Å². The van der Waals surface area contributed by atoms with E-state index in [1.54, 1.807) is 5.56 Å². The van der Waals surface area contributed by atoms with Crippen molar-refractivity contribution in [3.63, 3.8) is 0 Å². The number of rotatable bonds is 11. The summed E-state index contributed by atoms with van der Waals surface area (Å²) in [6.45, 7) is 6.70. The molecule has 3 heteroatoms. The monoisotopic (exact) mass is 464 g/mol. The fourth-order valence-electron chi connectivity index (χ4n) is 5.44. The molecule has 2 fully saturated rings.